The largest absolute Gasteiger partial charge is 0.370 e. The van der Waals surface area contributed by atoms with Crippen LogP contribution < -0.4 is 4.90 Å². The van der Waals surface area contributed by atoms with Gasteiger partial charge in [0.25, 0.3) is 0 Å². The first kappa shape index (κ1) is 16.5. The molecule has 3 heterocycles. The molecule has 0 atom stereocenters. The first-order valence-electron chi connectivity index (χ1n) is 8.97. The van der Waals surface area contributed by atoms with Gasteiger partial charge in [0, 0.05) is 37.6 Å². The standard InChI is InChI=1S/C20H22N6/c1-13-8-14(2)18-17(9-13)19(16(10-21)11-22-18)26-6-4-15(5-7-26)20-24-23-12-25(20)3/h8-9,11-12,15H,4-7H2,1-3H3. The van der Waals surface area contributed by atoms with Crippen LogP contribution >= 0.6 is 0 Å². The Bertz CT molecular complexity index is 1010. The van der Waals surface area contributed by atoms with Crippen LogP contribution in [-0.4, -0.2) is 32.8 Å². The number of rotatable bonds is 2. The summed E-state index contributed by atoms with van der Waals surface area (Å²) >= 11 is 0. The van der Waals surface area contributed by atoms with Crippen molar-refractivity contribution in [3.05, 3.63) is 47.2 Å². The number of aromatic nitrogens is 4. The van der Waals surface area contributed by atoms with Gasteiger partial charge in [-0.2, -0.15) is 5.26 Å². The van der Waals surface area contributed by atoms with Crippen LogP contribution in [0.2, 0.25) is 0 Å². The van der Waals surface area contributed by atoms with Gasteiger partial charge in [0.05, 0.1) is 16.8 Å². The molecule has 0 bridgehead atoms. The summed E-state index contributed by atoms with van der Waals surface area (Å²) in [5.74, 6) is 1.47. The minimum atomic E-state index is 0.417. The van der Waals surface area contributed by atoms with Crippen molar-refractivity contribution in [3.63, 3.8) is 0 Å². The van der Waals surface area contributed by atoms with Crippen LogP contribution in [0.15, 0.2) is 24.7 Å². The molecule has 0 N–H and O–H groups in total. The van der Waals surface area contributed by atoms with Gasteiger partial charge >= 0.3 is 0 Å². The van der Waals surface area contributed by atoms with E-state index in [0.717, 1.165) is 53.9 Å². The number of nitriles is 1. The van der Waals surface area contributed by atoms with Gasteiger partial charge in [0.2, 0.25) is 0 Å². The molecule has 26 heavy (non-hydrogen) atoms. The van der Waals surface area contributed by atoms with E-state index in [1.165, 1.54) is 5.56 Å². The summed E-state index contributed by atoms with van der Waals surface area (Å²) in [6.07, 6.45) is 5.49. The molecular weight excluding hydrogens is 324 g/mol. The predicted molar refractivity (Wildman–Crippen MR) is 101 cm³/mol. The number of hydrogen-bond acceptors (Lipinski definition) is 5. The normalized spacial score (nSPS) is 15.4. The van der Waals surface area contributed by atoms with Crippen LogP contribution in [0.25, 0.3) is 10.9 Å². The topological polar surface area (TPSA) is 70.6 Å². The van der Waals surface area contributed by atoms with Crippen molar-refractivity contribution < 1.29 is 0 Å². The third kappa shape index (κ3) is 2.70. The lowest BCUT2D eigenvalue weighted by Gasteiger charge is -2.34. The van der Waals surface area contributed by atoms with Crippen molar-refractivity contribution in [1.82, 2.24) is 19.7 Å². The van der Waals surface area contributed by atoms with Crippen molar-refractivity contribution in [3.8, 4) is 6.07 Å². The number of anilines is 1. The average Bonchev–Trinajstić information content (AvgIpc) is 3.06. The zero-order valence-corrected chi connectivity index (χ0v) is 15.4. The molecule has 1 aromatic carbocycles. The number of fused-ring (bicyclic) bond motifs is 1. The number of pyridine rings is 1. The van der Waals surface area contributed by atoms with Gasteiger partial charge in [-0.25, -0.2) is 0 Å². The number of nitrogens with zero attached hydrogens (tertiary/aromatic N) is 6. The Hall–Kier alpha value is -2.94. The van der Waals surface area contributed by atoms with Gasteiger partial charge in [-0.05, 0) is 38.3 Å². The summed E-state index contributed by atoms with van der Waals surface area (Å²) in [5.41, 5.74) is 5.02. The van der Waals surface area contributed by atoms with Crippen molar-refractivity contribution in [2.75, 3.05) is 18.0 Å². The molecule has 2 aromatic heterocycles. The second-order valence-corrected chi connectivity index (χ2v) is 7.17. The van der Waals surface area contributed by atoms with Crippen molar-refractivity contribution in [1.29, 1.82) is 5.26 Å². The lowest BCUT2D eigenvalue weighted by Crippen LogP contribution is -2.34. The third-order valence-electron chi connectivity index (χ3n) is 5.32. The van der Waals surface area contributed by atoms with E-state index in [2.05, 4.69) is 52.1 Å². The summed E-state index contributed by atoms with van der Waals surface area (Å²) in [7, 11) is 2.00. The monoisotopic (exact) mass is 346 g/mol. The van der Waals surface area contributed by atoms with E-state index < -0.39 is 0 Å². The molecule has 0 saturated carbocycles. The number of aryl methyl sites for hydroxylation is 3. The summed E-state index contributed by atoms with van der Waals surface area (Å²) in [4.78, 5) is 6.89. The smallest absolute Gasteiger partial charge is 0.135 e. The lowest BCUT2D eigenvalue weighted by atomic mass is 9.94. The van der Waals surface area contributed by atoms with Gasteiger partial charge in [-0.3, -0.25) is 4.98 Å². The number of benzene rings is 1. The van der Waals surface area contributed by atoms with Gasteiger partial charge in [-0.15, -0.1) is 10.2 Å². The highest BCUT2D eigenvalue weighted by molar-refractivity contribution is 5.96. The molecule has 3 aromatic rings. The Labute approximate surface area is 153 Å². The highest BCUT2D eigenvalue weighted by Crippen LogP contribution is 2.36. The van der Waals surface area contributed by atoms with E-state index in [1.54, 1.807) is 12.5 Å². The Morgan fingerprint density at radius 2 is 1.96 bits per heavy atom. The van der Waals surface area contributed by atoms with Crippen LogP contribution in [0.5, 0.6) is 0 Å². The lowest BCUT2D eigenvalue weighted by molar-refractivity contribution is 0.474. The Balaban J connectivity index is 1.71. The van der Waals surface area contributed by atoms with E-state index in [1.807, 2.05) is 11.6 Å². The van der Waals surface area contributed by atoms with Crippen molar-refractivity contribution >= 4 is 16.6 Å². The van der Waals surface area contributed by atoms with E-state index >= 15 is 0 Å². The van der Waals surface area contributed by atoms with E-state index in [0.29, 0.717) is 11.5 Å². The highest BCUT2D eigenvalue weighted by Gasteiger charge is 2.26. The molecule has 0 radical (unpaired) electrons. The molecule has 0 aliphatic carbocycles. The first-order valence-corrected chi connectivity index (χ1v) is 8.97. The summed E-state index contributed by atoms with van der Waals surface area (Å²) in [5, 5.41) is 19.0. The molecular formula is C20H22N6. The van der Waals surface area contributed by atoms with Gasteiger partial charge < -0.3 is 9.47 Å². The maximum absolute atomic E-state index is 9.65. The molecule has 1 fully saturated rings. The molecule has 4 rings (SSSR count). The fourth-order valence-electron chi connectivity index (χ4n) is 4.09. The average molecular weight is 346 g/mol. The first-order chi connectivity index (χ1) is 12.6. The molecule has 6 heteroatoms. The van der Waals surface area contributed by atoms with Gasteiger partial charge in [0.1, 0.15) is 18.2 Å². The molecule has 0 unspecified atom stereocenters. The maximum atomic E-state index is 9.65. The van der Waals surface area contributed by atoms with E-state index in [4.69, 9.17) is 0 Å². The maximum Gasteiger partial charge on any atom is 0.135 e. The Morgan fingerprint density at radius 3 is 2.62 bits per heavy atom. The summed E-state index contributed by atoms with van der Waals surface area (Å²) in [6, 6.07) is 6.64. The highest BCUT2D eigenvalue weighted by atomic mass is 15.3. The molecule has 6 nitrogen and oxygen atoms in total. The van der Waals surface area contributed by atoms with Crippen LogP contribution in [0.1, 0.15) is 41.3 Å². The SMILES string of the molecule is Cc1cc(C)c2ncc(C#N)c(N3CCC(c4nncn4C)CC3)c2c1. The summed E-state index contributed by atoms with van der Waals surface area (Å²) in [6.45, 7) is 5.98. The van der Waals surface area contributed by atoms with E-state index in [9.17, 15) is 5.26 Å². The molecule has 1 aliphatic rings. The van der Waals surface area contributed by atoms with Crippen LogP contribution in [0.3, 0.4) is 0 Å². The van der Waals surface area contributed by atoms with Crippen LogP contribution in [0, 0.1) is 25.2 Å². The van der Waals surface area contributed by atoms with Crippen LogP contribution in [-0.2, 0) is 7.05 Å². The zero-order valence-electron chi connectivity index (χ0n) is 15.4. The summed E-state index contributed by atoms with van der Waals surface area (Å²) < 4.78 is 2.01. The second kappa shape index (κ2) is 6.41. The van der Waals surface area contributed by atoms with Crippen molar-refractivity contribution in [2.24, 2.45) is 7.05 Å². The molecule has 1 saturated heterocycles. The molecule has 0 amide bonds. The number of piperidine rings is 1. The minimum Gasteiger partial charge on any atom is -0.370 e. The van der Waals surface area contributed by atoms with E-state index in [-0.39, 0.29) is 0 Å². The van der Waals surface area contributed by atoms with Crippen LogP contribution in [0.4, 0.5) is 5.69 Å². The predicted octanol–water partition coefficient (Wildman–Crippen LogP) is 3.24. The second-order valence-electron chi connectivity index (χ2n) is 7.17. The molecule has 0 spiro atoms. The van der Waals surface area contributed by atoms with Gasteiger partial charge in [0.15, 0.2) is 0 Å². The minimum absolute atomic E-state index is 0.417. The third-order valence-corrected chi connectivity index (χ3v) is 5.32. The fraction of sp³-hybridized carbons (Fsp3) is 0.400. The molecule has 132 valence electrons. The molecule has 1 aliphatic heterocycles. The van der Waals surface area contributed by atoms with Gasteiger partial charge in [-0.1, -0.05) is 11.6 Å². The fourth-order valence-corrected chi connectivity index (χ4v) is 4.09. The zero-order chi connectivity index (χ0) is 18.3. The Morgan fingerprint density at radius 1 is 1.19 bits per heavy atom. The quantitative estimate of drug-likeness (QED) is 0.712. The Kier molecular flexibility index (Phi) is 4.08. The number of hydrogen-bond donors (Lipinski definition) is 0. The van der Waals surface area contributed by atoms with Crippen molar-refractivity contribution in [2.45, 2.75) is 32.6 Å².